The number of carbonyl (C=O) groups is 2. The van der Waals surface area contributed by atoms with Crippen LogP contribution < -0.4 is 0 Å². The third-order valence-electron chi connectivity index (χ3n) is 4.73. The smallest absolute Gasteiger partial charge is 0.307 e. The standard InChI is InChI=1S/C19H27NO5S/c1-3-16-6-4-5-12-20(16)18(21)14-25-19(22)11-13-26(23,24)17-9-7-15(2)8-10-17/h7-10,16H,3-6,11-14H2,1-2H3. The van der Waals surface area contributed by atoms with Crippen LogP contribution in [0.1, 0.15) is 44.6 Å². The van der Waals surface area contributed by atoms with Gasteiger partial charge in [-0.25, -0.2) is 8.42 Å². The molecule has 1 unspecified atom stereocenters. The molecule has 0 saturated carbocycles. The molecule has 144 valence electrons. The molecule has 1 fully saturated rings. The fourth-order valence-corrected chi connectivity index (χ4v) is 4.35. The molecule has 0 aromatic heterocycles. The van der Waals surface area contributed by atoms with E-state index in [1.165, 1.54) is 12.1 Å². The number of hydrogen-bond donors (Lipinski definition) is 0. The minimum absolute atomic E-state index is 0.186. The van der Waals surface area contributed by atoms with Crippen molar-refractivity contribution in [2.45, 2.75) is 56.9 Å². The lowest BCUT2D eigenvalue weighted by Crippen LogP contribution is -2.45. The molecule has 1 amide bonds. The molecule has 26 heavy (non-hydrogen) atoms. The van der Waals surface area contributed by atoms with Gasteiger partial charge in [-0.2, -0.15) is 0 Å². The number of amides is 1. The van der Waals surface area contributed by atoms with E-state index in [-0.39, 0.29) is 35.6 Å². The van der Waals surface area contributed by atoms with Crippen LogP contribution in [0.2, 0.25) is 0 Å². The number of esters is 1. The summed E-state index contributed by atoms with van der Waals surface area (Å²) in [7, 11) is -3.54. The van der Waals surface area contributed by atoms with E-state index in [1.54, 1.807) is 17.0 Å². The maximum Gasteiger partial charge on any atom is 0.307 e. The summed E-state index contributed by atoms with van der Waals surface area (Å²) in [5.41, 5.74) is 0.963. The van der Waals surface area contributed by atoms with E-state index < -0.39 is 15.8 Å². The Morgan fingerprint density at radius 2 is 1.88 bits per heavy atom. The molecule has 0 bridgehead atoms. The summed E-state index contributed by atoms with van der Waals surface area (Å²) in [5.74, 6) is -1.20. The van der Waals surface area contributed by atoms with Crippen LogP contribution >= 0.6 is 0 Å². The molecule has 0 spiro atoms. The average molecular weight is 381 g/mol. The zero-order valence-corrected chi connectivity index (χ0v) is 16.3. The number of sulfone groups is 1. The zero-order valence-electron chi connectivity index (χ0n) is 15.4. The number of piperidine rings is 1. The van der Waals surface area contributed by atoms with Crippen molar-refractivity contribution in [3.05, 3.63) is 29.8 Å². The van der Waals surface area contributed by atoms with Crippen molar-refractivity contribution in [2.24, 2.45) is 0 Å². The second-order valence-corrected chi connectivity index (χ2v) is 8.80. The zero-order chi connectivity index (χ0) is 19.2. The highest BCUT2D eigenvalue weighted by Gasteiger charge is 2.26. The fraction of sp³-hybridized carbons (Fsp3) is 0.579. The Kier molecular flexibility index (Phi) is 7.20. The SMILES string of the molecule is CCC1CCCCN1C(=O)COC(=O)CCS(=O)(=O)c1ccc(C)cc1. The van der Waals surface area contributed by atoms with E-state index in [0.717, 1.165) is 31.2 Å². The second-order valence-electron chi connectivity index (χ2n) is 6.69. The summed E-state index contributed by atoms with van der Waals surface area (Å²) in [6.07, 6.45) is 3.67. The number of nitrogens with zero attached hydrogens (tertiary/aromatic N) is 1. The largest absolute Gasteiger partial charge is 0.456 e. The number of ether oxygens (including phenoxy) is 1. The van der Waals surface area contributed by atoms with Crippen LogP contribution in [0.3, 0.4) is 0 Å². The van der Waals surface area contributed by atoms with E-state index in [1.807, 2.05) is 13.8 Å². The van der Waals surface area contributed by atoms with Crippen molar-refractivity contribution in [1.82, 2.24) is 4.90 Å². The lowest BCUT2D eigenvalue weighted by Gasteiger charge is -2.35. The molecule has 0 radical (unpaired) electrons. The van der Waals surface area contributed by atoms with Gasteiger partial charge in [-0.1, -0.05) is 24.6 Å². The first-order chi connectivity index (χ1) is 12.3. The summed E-state index contributed by atoms with van der Waals surface area (Å²) < 4.78 is 29.5. The van der Waals surface area contributed by atoms with Crippen LogP contribution in [0.15, 0.2) is 29.2 Å². The molecule has 1 aliphatic heterocycles. The Labute approximate surface area is 155 Å². The Hall–Kier alpha value is -1.89. The molecule has 1 atom stereocenters. The minimum Gasteiger partial charge on any atom is -0.456 e. The van der Waals surface area contributed by atoms with Crippen molar-refractivity contribution in [1.29, 1.82) is 0 Å². The highest BCUT2D eigenvalue weighted by atomic mass is 32.2. The number of aryl methyl sites for hydroxylation is 1. The monoisotopic (exact) mass is 381 g/mol. The van der Waals surface area contributed by atoms with Crippen molar-refractivity contribution in [2.75, 3.05) is 18.9 Å². The van der Waals surface area contributed by atoms with Gasteiger partial charge in [-0.15, -0.1) is 0 Å². The fourth-order valence-electron chi connectivity index (χ4n) is 3.13. The molecule has 1 aromatic rings. The first-order valence-corrected chi connectivity index (χ1v) is 10.7. The van der Waals surface area contributed by atoms with E-state index in [9.17, 15) is 18.0 Å². The van der Waals surface area contributed by atoms with Gasteiger partial charge >= 0.3 is 5.97 Å². The van der Waals surface area contributed by atoms with E-state index in [2.05, 4.69) is 0 Å². The van der Waals surface area contributed by atoms with E-state index in [0.29, 0.717) is 6.54 Å². The molecule has 1 saturated heterocycles. The van der Waals surface area contributed by atoms with Crippen molar-refractivity contribution in [3.63, 3.8) is 0 Å². The number of benzene rings is 1. The van der Waals surface area contributed by atoms with Gasteiger partial charge in [0.1, 0.15) is 0 Å². The summed E-state index contributed by atoms with van der Waals surface area (Å²) in [5, 5.41) is 0. The number of carbonyl (C=O) groups excluding carboxylic acids is 2. The van der Waals surface area contributed by atoms with Gasteiger partial charge in [0.05, 0.1) is 17.1 Å². The highest BCUT2D eigenvalue weighted by Crippen LogP contribution is 2.19. The molecular weight excluding hydrogens is 354 g/mol. The van der Waals surface area contributed by atoms with Gasteiger partial charge in [-0.3, -0.25) is 9.59 Å². The van der Waals surface area contributed by atoms with Crippen LogP contribution in [0, 0.1) is 6.92 Å². The molecule has 2 rings (SSSR count). The average Bonchev–Trinajstić information content (AvgIpc) is 2.64. The lowest BCUT2D eigenvalue weighted by molar-refractivity contribution is -0.153. The molecular formula is C19H27NO5S. The van der Waals surface area contributed by atoms with Gasteiger partial charge < -0.3 is 9.64 Å². The summed E-state index contributed by atoms with van der Waals surface area (Å²) >= 11 is 0. The maximum absolute atomic E-state index is 12.3. The lowest BCUT2D eigenvalue weighted by atomic mass is 10.00. The first-order valence-electron chi connectivity index (χ1n) is 9.08. The Balaban J connectivity index is 1.81. The quantitative estimate of drug-likeness (QED) is 0.678. The summed E-state index contributed by atoms with van der Waals surface area (Å²) in [6.45, 7) is 4.28. The van der Waals surface area contributed by atoms with Crippen molar-refractivity contribution >= 4 is 21.7 Å². The van der Waals surface area contributed by atoms with Crippen LogP contribution in [0.4, 0.5) is 0 Å². The third-order valence-corrected chi connectivity index (χ3v) is 6.46. The van der Waals surface area contributed by atoms with Crippen molar-refractivity contribution < 1.29 is 22.7 Å². The molecule has 7 heteroatoms. The molecule has 0 N–H and O–H groups in total. The maximum atomic E-state index is 12.3. The number of likely N-dealkylation sites (tertiary alicyclic amines) is 1. The second kappa shape index (κ2) is 9.16. The van der Waals surface area contributed by atoms with Gasteiger partial charge in [0.15, 0.2) is 16.4 Å². The summed E-state index contributed by atoms with van der Waals surface area (Å²) in [4.78, 5) is 26.1. The normalized spacial score (nSPS) is 17.8. The van der Waals surface area contributed by atoms with Crippen LogP contribution in [-0.4, -0.2) is 50.1 Å². The number of rotatable bonds is 7. The van der Waals surface area contributed by atoms with E-state index in [4.69, 9.17) is 4.74 Å². The Morgan fingerprint density at radius 3 is 2.54 bits per heavy atom. The minimum atomic E-state index is -3.54. The topological polar surface area (TPSA) is 80.8 Å². The molecule has 1 heterocycles. The summed E-state index contributed by atoms with van der Waals surface area (Å²) in [6, 6.07) is 6.69. The predicted molar refractivity (Wildman–Crippen MR) is 98.5 cm³/mol. The van der Waals surface area contributed by atoms with Gasteiger partial charge in [-0.05, 0) is 44.7 Å². The first kappa shape index (κ1) is 20.4. The molecule has 6 nitrogen and oxygen atoms in total. The van der Waals surface area contributed by atoms with Crippen LogP contribution in [0.25, 0.3) is 0 Å². The van der Waals surface area contributed by atoms with Crippen LogP contribution in [-0.2, 0) is 24.2 Å². The van der Waals surface area contributed by atoms with Gasteiger partial charge in [0.2, 0.25) is 0 Å². The van der Waals surface area contributed by atoms with Gasteiger partial charge in [0.25, 0.3) is 5.91 Å². The van der Waals surface area contributed by atoms with E-state index >= 15 is 0 Å². The molecule has 1 aliphatic rings. The van der Waals surface area contributed by atoms with Gasteiger partial charge in [0, 0.05) is 12.6 Å². The van der Waals surface area contributed by atoms with Crippen LogP contribution in [0.5, 0.6) is 0 Å². The molecule has 0 aliphatic carbocycles. The Morgan fingerprint density at radius 1 is 1.19 bits per heavy atom. The molecule has 1 aromatic carbocycles. The van der Waals surface area contributed by atoms with Crippen molar-refractivity contribution in [3.8, 4) is 0 Å². The predicted octanol–water partition coefficient (Wildman–Crippen LogP) is 2.49. The number of hydrogen-bond acceptors (Lipinski definition) is 5. The third kappa shape index (κ3) is 5.56. The Bertz CT molecular complexity index is 727. The highest BCUT2D eigenvalue weighted by molar-refractivity contribution is 7.91.